The highest BCUT2D eigenvalue weighted by atomic mass is 32.2. The maximum atomic E-state index is 12.1. The SMILES string of the molecule is C/C=C/C(=O)OCC(=O)c1ccc2c(c1)CCN2S(=O)(=O)CC. The number of nitrogens with zero attached hydrogens (tertiary/aromatic N) is 1. The lowest BCUT2D eigenvalue weighted by molar-refractivity contribution is -0.136. The molecule has 7 heteroatoms. The van der Waals surface area contributed by atoms with Crippen LogP contribution in [0.25, 0.3) is 0 Å². The predicted molar refractivity (Wildman–Crippen MR) is 87.1 cm³/mol. The summed E-state index contributed by atoms with van der Waals surface area (Å²) in [4.78, 5) is 23.3. The highest BCUT2D eigenvalue weighted by molar-refractivity contribution is 7.92. The number of sulfonamides is 1. The predicted octanol–water partition coefficient (Wildman–Crippen LogP) is 1.70. The number of allylic oxidation sites excluding steroid dienone is 1. The van der Waals surface area contributed by atoms with Gasteiger partial charge in [-0.3, -0.25) is 9.10 Å². The molecule has 2 rings (SSSR count). The summed E-state index contributed by atoms with van der Waals surface area (Å²) in [6, 6.07) is 4.87. The second-order valence-corrected chi connectivity index (χ2v) is 7.28. The zero-order valence-electron chi connectivity index (χ0n) is 13.1. The molecule has 124 valence electrons. The van der Waals surface area contributed by atoms with Crippen molar-refractivity contribution in [1.29, 1.82) is 0 Å². The van der Waals surface area contributed by atoms with Crippen LogP contribution in [0, 0.1) is 0 Å². The normalized spacial score (nSPS) is 14.1. The summed E-state index contributed by atoms with van der Waals surface area (Å²) in [5, 5.41) is 0. The Morgan fingerprint density at radius 2 is 2.09 bits per heavy atom. The Bertz CT molecular complexity index is 752. The van der Waals surface area contributed by atoms with Crippen LogP contribution in [0.2, 0.25) is 0 Å². The van der Waals surface area contributed by atoms with E-state index in [4.69, 9.17) is 4.74 Å². The molecule has 1 aliphatic rings. The lowest BCUT2D eigenvalue weighted by Crippen LogP contribution is -2.30. The first-order valence-electron chi connectivity index (χ1n) is 7.35. The highest BCUT2D eigenvalue weighted by Crippen LogP contribution is 2.31. The fraction of sp³-hybridized carbons (Fsp3) is 0.375. The van der Waals surface area contributed by atoms with Gasteiger partial charge in [0.05, 0.1) is 11.4 Å². The summed E-state index contributed by atoms with van der Waals surface area (Å²) < 4.78 is 30.2. The van der Waals surface area contributed by atoms with Gasteiger partial charge in [-0.15, -0.1) is 0 Å². The third kappa shape index (κ3) is 3.79. The van der Waals surface area contributed by atoms with Crippen molar-refractivity contribution in [3.63, 3.8) is 0 Å². The van der Waals surface area contributed by atoms with Crippen LogP contribution in [0.5, 0.6) is 0 Å². The summed E-state index contributed by atoms with van der Waals surface area (Å²) >= 11 is 0. The molecule has 1 aromatic carbocycles. The number of carbonyl (C=O) groups is 2. The average molecular weight is 337 g/mol. The quantitative estimate of drug-likeness (QED) is 0.448. The van der Waals surface area contributed by atoms with Crippen molar-refractivity contribution in [2.75, 3.05) is 23.2 Å². The minimum atomic E-state index is -3.30. The monoisotopic (exact) mass is 337 g/mol. The van der Waals surface area contributed by atoms with Crippen molar-refractivity contribution in [1.82, 2.24) is 0 Å². The van der Waals surface area contributed by atoms with Gasteiger partial charge >= 0.3 is 5.97 Å². The van der Waals surface area contributed by atoms with Crippen LogP contribution in [-0.4, -0.2) is 39.1 Å². The van der Waals surface area contributed by atoms with E-state index in [1.54, 1.807) is 32.0 Å². The minimum Gasteiger partial charge on any atom is -0.454 e. The summed E-state index contributed by atoms with van der Waals surface area (Å²) in [5.41, 5.74) is 1.84. The molecular weight excluding hydrogens is 318 g/mol. The smallest absolute Gasteiger partial charge is 0.330 e. The number of hydrogen-bond acceptors (Lipinski definition) is 5. The first-order valence-corrected chi connectivity index (χ1v) is 8.96. The molecule has 0 atom stereocenters. The van der Waals surface area contributed by atoms with Crippen LogP contribution >= 0.6 is 0 Å². The maximum Gasteiger partial charge on any atom is 0.330 e. The zero-order valence-corrected chi connectivity index (χ0v) is 13.9. The number of ether oxygens (including phenoxy) is 1. The van der Waals surface area contributed by atoms with Crippen LogP contribution in [-0.2, 0) is 26.0 Å². The number of rotatable bonds is 6. The van der Waals surface area contributed by atoms with Gasteiger partial charge in [0.25, 0.3) is 0 Å². The van der Waals surface area contributed by atoms with E-state index in [-0.39, 0.29) is 18.1 Å². The summed E-state index contributed by atoms with van der Waals surface area (Å²) in [7, 11) is -3.30. The largest absolute Gasteiger partial charge is 0.454 e. The van der Waals surface area contributed by atoms with Gasteiger partial charge in [-0.05, 0) is 44.0 Å². The third-order valence-corrected chi connectivity index (χ3v) is 5.38. The van der Waals surface area contributed by atoms with Crippen LogP contribution in [0.1, 0.15) is 29.8 Å². The van der Waals surface area contributed by atoms with Gasteiger partial charge in [0.15, 0.2) is 12.4 Å². The standard InChI is InChI=1S/C16H19NO5S/c1-3-5-16(19)22-11-15(18)13-6-7-14-12(10-13)8-9-17(14)23(20,21)4-2/h3,5-7,10H,4,8-9,11H2,1-2H3/b5-3+. The van der Waals surface area contributed by atoms with Gasteiger partial charge in [0.1, 0.15) is 0 Å². The lowest BCUT2D eigenvalue weighted by Gasteiger charge is -2.18. The maximum absolute atomic E-state index is 12.1. The molecule has 0 saturated heterocycles. The number of ketones is 1. The Morgan fingerprint density at radius 3 is 2.74 bits per heavy atom. The summed E-state index contributed by atoms with van der Waals surface area (Å²) in [6.45, 7) is 3.34. The Morgan fingerprint density at radius 1 is 1.35 bits per heavy atom. The number of fused-ring (bicyclic) bond motifs is 1. The third-order valence-electron chi connectivity index (χ3n) is 3.60. The molecule has 0 aliphatic carbocycles. The molecule has 0 unspecified atom stereocenters. The van der Waals surface area contributed by atoms with E-state index in [1.165, 1.54) is 16.5 Å². The molecule has 1 heterocycles. The molecule has 0 spiro atoms. The van der Waals surface area contributed by atoms with Gasteiger partial charge in [0.2, 0.25) is 10.0 Å². The number of carbonyl (C=O) groups excluding carboxylic acids is 2. The Hall–Kier alpha value is -2.15. The Labute approximate surface area is 135 Å². The van der Waals surface area contributed by atoms with Gasteiger partial charge < -0.3 is 4.74 Å². The van der Waals surface area contributed by atoms with E-state index in [0.717, 1.165) is 5.56 Å². The molecule has 0 radical (unpaired) electrons. The summed E-state index contributed by atoms with van der Waals surface area (Å²) in [6.07, 6.45) is 3.34. The van der Waals surface area contributed by atoms with E-state index in [0.29, 0.717) is 24.2 Å². The molecule has 0 N–H and O–H groups in total. The van der Waals surface area contributed by atoms with Crippen molar-refractivity contribution >= 4 is 27.5 Å². The average Bonchev–Trinajstić information content (AvgIpc) is 2.96. The molecule has 6 nitrogen and oxygen atoms in total. The van der Waals surface area contributed by atoms with Crippen LogP contribution < -0.4 is 4.31 Å². The first-order chi connectivity index (χ1) is 10.9. The lowest BCUT2D eigenvalue weighted by atomic mass is 10.1. The van der Waals surface area contributed by atoms with E-state index in [1.807, 2.05) is 0 Å². The van der Waals surface area contributed by atoms with Crippen molar-refractivity contribution in [2.45, 2.75) is 20.3 Å². The highest BCUT2D eigenvalue weighted by Gasteiger charge is 2.28. The second kappa shape index (κ2) is 6.95. The number of hydrogen-bond donors (Lipinski definition) is 0. The van der Waals surface area contributed by atoms with E-state index < -0.39 is 16.0 Å². The first kappa shape index (κ1) is 17.2. The van der Waals surface area contributed by atoms with Gasteiger partial charge in [-0.1, -0.05) is 6.08 Å². The van der Waals surface area contributed by atoms with Gasteiger partial charge in [-0.2, -0.15) is 0 Å². The molecule has 0 aromatic heterocycles. The molecule has 1 aromatic rings. The second-order valence-electron chi connectivity index (χ2n) is 5.10. The number of esters is 1. The topological polar surface area (TPSA) is 80.8 Å². The summed E-state index contributed by atoms with van der Waals surface area (Å²) in [5.74, 6) is -0.849. The molecule has 0 saturated carbocycles. The molecule has 0 bridgehead atoms. The minimum absolute atomic E-state index is 0.0357. The molecule has 23 heavy (non-hydrogen) atoms. The van der Waals surface area contributed by atoms with E-state index in [2.05, 4.69) is 0 Å². The Balaban J connectivity index is 2.14. The fourth-order valence-electron chi connectivity index (χ4n) is 2.39. The van der Waals surface area contributed by atoms with E-state index in [9.17, 15) is 18.0 Å². The number of anilines is 1. The van der Waals surface area contributed by atoms with E-state index >= 15 is 0 Å². The molecule has 1 aliphatic heterocycles. The van der Waals surface area contributed by atoms with Crippen LogP contribution in [0.15, 0.2) is 30.4 Å². The fourth-order valence-corrected chi connectivity index (χ4v) is 3.55. The molecule has 0 amide bonds. The van der Waals surface area contributed by atoms with Crippen LogP contribution in [0.4, 0.5) is 5.69 Å². The van der Waals surface area contributed by atoms with Crippen molar-refractivity contribution in [3.8, 4) is 0 Å². The zero-order chi connectivity index (χ0) is 17.0. The molecular formula is C16H19NO5S. The van der Waals surface area contributed by atoms with Crippen LogP contribution in [0.3, 0.4) is 0 Å². The number of Topliss-reactive ketones (excluding diaryl/α,β-unsaturated/α-hetero) is 1. The van der Waals surface area contributed by atoms with Crippen molar-refractivity contribution in [2.24, 2.45) is 0 Å². The van der Waals surface area contributed by atoms with Gasteiger partial charge in [0, 0.05) is 18.2 Å². The Kier molecular flexibility index (Phi) is 5.20. The van der Waals surface area contributed by atoms with Crippen molar-refractivity contribution < 1.29 is 22.7 Å². The number of benzene rings is 1. The van der Waals surface area contributed by atoms with Gasteiger partial charge in [-0.25, -0.2) is 13.2 Å². The van der Waals surface area contributed by atoms with Crippen molar-refractivity contribution in [3.05, 3.63) is 41.5 Å². The molecule has 0 fully saturated rings.